The van der Waals surface area contributed by atoms with Crippen LogP contribution in [0, 0.1) is 17.8 Å². The molecule has 0 radical (unpaired) electrons. The molecular weight excluding hydrogens is 256 g/mol. The van der Waals surface area contributed by atoms with Crippen molar-refractivity contribution in [3.63, 3.8) is 0 Å². The second-order valence-electron chi connectivity index (χ2n) is 6.39. The van der Waals surface area contributed by atoms with Crippen molar-refractivity contribution in [1.29, 1.82) is 0 Å². The second kappa shape index (κ2) is 7.07. The van der Waals surface area contributed by atoms with Crippen molar-refractivity contribution in [3.8, 4) is 0 Å². The van der Waals surface area contributed by atoms with Gasteiger partial charge >= 0.3 is 5.97 Å². The van der Waals surface area contributed by atoms with E-state index in [0.717, 1.165) is 38.4 Å². The van der Waals surface area contributed by atoms with Crippen LogP contribution >= 0.6 is 0 Å². The minimum absolute atomic E-state index is 0.141. The lowest BCUT2D eigenvalue weighted by Crippen LogP contribution is -2.45. The molecule has 1 aliphatic heterocycles. The average Bonchev–Trinajstić information content (AvgIpc) is 3.22. The van der Waals surface area contributed by atoms with Crippen LogP contribution < -0.4 is 5.32 Å². The molecule has 114 valence electrons. The summed E-state index contributed by atoms with van der Waals surface area (Å²) in [4.78, 5) is 24.8. The normalized spacial score (nSPS) is 24.4. The van der Waals surface area contributed by atoms with Gasteiger partial charge in [-0.1, -0.05) is 6.92 Å². The fourth-order valence-electron chi connectivity index (χ4n) is 2.96. The highest BCUT2D eigenvalue weighted by Gasteiger charge is 2.28. The van der Waals surface area contributed by atoms with E-state index in [2.05, 4.69) is 5.32 Å². The third-order valence-corrected chi connectivity index (χ3v) is 4.52. The Kier molecular flexibility index (Phi) is 5.40. The van der Waals surface area contributed by atoms with Crippen molar-refractivity contribution in [1.82, 2.24) is 10.2 Å². The van der Waals surface area contributed by atoms with E-state index in [4.69, 9.17) is 5.11 Å². The molecule has 1 heterocycles. The number of piperidine rings is 1. The van der Waals surface area contributed by atoms with E-state index in [9.17, 15) is 9.59 Å². The molecule has 1 aliphatic carbocycles. The number of aliphatic carboxylic acids is 1. The number of carbonyl (C=O) groups excluding carboxylic acids is 1. The molecule has 1 saturated carbocycles. The standard InChI is InChI=1S/C15H26N2O3/c1-11(7-15(19)20)13-3-2-6-17(10-13)14(18)9-16-8-12-4-5-12/h11-13,16H,2-10H2,1H3,(H,19,20). The molecule has 20 heavy (non-hydrogen) atoms. The predicted octanol–water partition coefficient (Wildman–Crippen LogP) is 1.34. The van der Waals surface area contributed by atoms with E-state index in [1.165, 1.54) is 12.8 Å². The molecule has 1 saturated heterocycles. The lowest BCUT2D eigenvalue weighted by molar-refractivity contribution is -0.138. The summed E-state index contributed by atoms with van der Waals surface area (Å²) in [5.41, 5.74) is 0. The Morgan fingerprint density at radius 1 is 1.35 bits per heavy atom. The van der Waals surface area contributed by atoms with Crippen molar-refractivity contribution in [3.05, 3.63) is 0 Å². The molecule has 1 amide bonds. The number of nitrogens with one attached hydrogen (secondary N) is 1. The van der Waals surface area contributed by atoms with Crippen LogP contribution in [0.1, 0.15) is 39.0 Å². The molecule has 2 aliphatic rings. The van der Waals surface area contributed by atoms with Gasteiger partial charge in [0.15, 0.2) is 0 Å². The Hall–Kier alpha value is -1.10. The van der Waals surface area contributed by atoms with Crippen LogP contribution in [0.15, 0.2) is 0 Å². The molecule has 0 aromatic carbocycles. The summed E-state index contributed by atoms with van der Waals surface area (Å²) in [5, 5.41) is 12.1. The number of likely N-dealkylation sites (tertiary alicyclic amines) is 1. The van der Waals surface area contributed by atoms with Gasteiger partial charge in [-0.3, -0.25) is 9.59 Å². The van der Waals surface area contributed by atoms with Crippen LogP contribution in [-0.4, -0.2) is 48.1 Å². The Morgan fingerprint density at radius 2 is 2.10 bits per heavy atom. The summed E-state index contributed by atoms with van der Waals surface area (Å²) in [5.74, 6) is 0.673. The molecular formula is C15H26N2O3. The minimum atomic E-state index is -0.743. The van der Waals surface area contributed by atoms with E-state index in [1.54, 1.807) is 0 Å². The Bertz CT molecular complexity index is 355. The summed E-state index contributed by atoms with van der Waals surface area (Å²) < 4.78 is 0. The van der Waals surface area contributed by atoms with Gasteiger partial charge < -0.3 is 15.3 Å². The van der Waals surface area contributed by atoms with Gasteiger partial charge in [0, 0.05) is 19.5 Å². The maximum Gasteiger partial charge on any atom is 0.303 e. The number of hydrogen-bond acceptors (Lipinski definition) is 3. The smallest absolute Gasteiger partial charge is 0.303 e. The van der Waals surface area contributed by atoms with E-state index >= 15 is 0 Å². The second-order valence-corrected chi connectivity index (χ2v) is 6.39. The summed E-state index contributed by atoms with van der Waals surface area (Å²) in [6.45, 7) is 4.91. The first kappa shape index (κ1) is 15.3. The molecule has 2 fully saturated rings. The highest BCUT2D eigenvalue weighted by atomic mass is 16.4. The van der Waals surface area contributed by atoms with Gasteiger partial charge in [-0.25, -0.2) is 0 Å². The van der Waals surface area contributed by atoms with Gasteiger partial charge in [0.2, 0.25) is 5.91 Å². The minimum Gasteiger partial charge on any atom is -0.481 e. The number of carboxylic acid groups (broad SMARTS) is 1. The lowest BCUT2D eigenvalue weighted by atomic mass is 9.84. The quantitative estimate of drug-likeness (QED) is 0.739. The zero-order valence-corrected chi connectivity index (χ0v) is 12.3. The number of amides is 1. The SMILES string of the molecule is CC(CC(=O)O)C1CCCN(C(=O)CNCC2CC2)C1. The molecule has 2 atom stereocenters. The van der Waals surface area contributed by atoms with Crippen LogP contribution in [-0.2, 0) is 9.59 Å². The van der Waals surface area contributed by atoms with Gasteiger partial charge in [0.25, 0.3) is 0 Å². The van der Waals surface area contributed by atoms with Crippen LogP contribution in [0.3, 0.4) is 0 Å². The topological polar surface area (TPSA) is 69.6 Å². The molecule has 0 bridgehead atoms. The van der Waals surface area contributed by atoms with Crippen molar-refractivity contribution in [2.75, 3.05) is 26.2 Å². The summed E-state index contributed by atoms with van der Waals surface area (Å²) in [6, 6.07) is 0. The summed E-state index contributed by atoms with van der Waals surface area (Å²) >= 11 is 0. The monoisotopic (exact) mass is 282 g/mol. The zero-order valence-electron chi connectivity index (χ0n) is 12.3. The van der Waals surface area contributed by atoms with Gasteiger partial charge in [-0.2, -0.15) is 0 Å². The maximum atomic E-state index is 12.1. The van der Waals surface area contributed by atoms with Crippen molar-refractivity contribution in [2.45, 2.75) is 39.0 Å². The molecule has 2 unspecified atom stereocenters. The molecule has 0 aromatic heterocycles. The van der Waals surface area contributed by atoms with Crippen molar-refractivity contribution >= 4 is 11.9 Å². The number of rotatable bonds is 7. The molecule has 2 rings (SSSR count). The van der Waals surface area contributed by atoms with E-state index in [0.29, 0.717) is 12.5 Å². The highest BCUT2D eigenvalue weighted by molar-refractivity contribution is 5.78. The fraction of sp³-hybridized carbons (Fsp3) is 0.867. The molecule has 0 spiro atoms. The van der Waals surface area contributed by atoms with Gasteiger partial charge in [-0.05, 0) is 50.0 Å². The van der Waals surface area contributed by atoms with E-state index in [1.807, 2.05) is 11.8 Å². The first-order valence-corrected chi connectivity index (χ1v) is 7.76. The van der Waals surface area contributed by atoms with E-state index < -0.39 is 5.97 Å². The van der Waals surface area contributed by atoms with Crippen LogP contribution in [0.4, 0.5) is 0 Å². The van der Waals surface area contributed by atoms with Gasteiger partial charge in [0.05, 0.1) is 6.54 Å². The Labute approximate surface area is 120 Å². The first-order valence-electron chi connectivity index (χ1n) is 7.76. The fourth-order valence-corrected chi connectivity index (χ4v) is 2.96. The Balaban J connectivity index is 1.73. The van der Waals surface area contributed by atoms with Gasteiger partial charge in [0.1, 0.15) is 0 Å². The average molecular weight is 282 g/mol. The highest BCUT2D eigenvalue weighted by Crippen LogP contribution is 2.28. The first-order chi connectivity index (χ1) is 9.56. The van der Waals surface area contributed by atoms with Crippen molar-refractivity contribution < 1.29 is 14.7 Å². The van der Waals surface area contributed by atoms with Crippen molar-refractivity contribution in [2.24, 2.45) is 17.8 Å². The molecule has 0 aromatic rings. The number of carboxylic acids is 1. The third kappa shape index (κ3) is 4.78. The summed E-state index contributed by atoms with van der Waals surface area (Å²) in [6.07, 6.45) is 4.81. The molecule has 5 heteroatoms. The van der Waals surface area contributed by atoms with Crippen LogP contribution in [0.25, 0.3) is 0 Å². The van der Waals surface area contributed by atoms with Crippen LogP contribution in [0.2, 0.25) is 0 Å². The molecule has 5 nitrogen and oxygen atoms in total. The number of nitrogens with zero attached hydrogens (tertiary/aromatic N) is 1. The predicted molar refractivity (Wildman–Crippen MR) is 76.3 cm³/mol. The van der Waals surface area contributed by atoms with Crippen LogP contribution in [0.5, 0.6) is 0 Å². The number of hydrogen-bond donors (Lipinski definition) is 2. The zero-order chi connectivity index (χ0) is 14.5. The largest absolute Gasteiger partial charge is 0.481 e. The lowest BCUT2D eigenvalue weighted by Gasteiger charge is -2.35. The Morgan fingerprint density at radius 3 is 2.75 bits per heavy atom. The summed E-state index contributed by atoms with van der Waals surface area (Å²) in [7, 11) is 0. The molecule has 2 N–H and O–H groups in total. The number of carbonyl (C=O) groups is 2. The maximum absolute atomic E-state index is 12.1. The van der Waals surface area contributed by atoms with Gasteiger partial charge in [-0.15, -0.1) is 0 Å². The van der Waals surface area contributed by atoms with E-state index in [-0.39, 0.29) is 18.2 Å². The third-order valence-electron chi connectivity index (χ3n) is 4.52.